The molecule has 73 heavy (non-hydrogen) atoms. The molecule has 0 aliphatic rings. The molecule has 0 bridgehead atoms. The van der Waals surface area contributed by atoms with Gasteiger partial charge in [0, 0.05) is 12.8 Å². The van der Waals surface area contributed by atoms with Gasteiger partial charge in [-0.3, -0.25) is 9.59 Å². The third-order valence-corrected chi connectivity index (χ3v) is 16.2. The molecule has 0 spiro atoms. The van der Waals surface area contributed by atoms with E-state index >= 15 is 0 Å². The van der Waals surface area contributed by atoms with Crippen molar-refractivity contribution in [2.75, 3.05) is 13.2 Å². The molecule has 3 N–H and O–H groups in total. The number of carbonyl (C=O) groups is 2. The van der Waals surface area contributed by atoms with Crippen LogP contribution in [0.1, 0.15) is 393 Å². The maximum absolute atomic E-state index is 12.5. The summed E-state index contributed by atoms with van der Waals surface area (Å²) in [7, 11) is 0. The molecule has 0 aromatic heterocycles. The van der Waals surface area contributed by atoms with Crippen LogP contribution in [0.4, 0.5) is 0 Å². The molecule has 6 nitrogen and oxygen atoms in total. The Hall–Kier alpha value is -1.14. The molecule has 0 aromatic rings. The highest BCUT2D eigenvalue weighted by atomic mass is 16.5. The van der Waals surface area contributed by atoms with Crippen molar-refractivity contribution in [2.45, 2.75) is 405 Å². The zero-order valence-electron chi connectivity index (χ0n) is 49.9. The molecule has 0 aliphatic carbocycles. The van der Waals surface area contributed by atoms with Gasteiger partial charge >= 0.3 is 5.97 Å². The Morgan fingerprint density at radius 1 is 0.329 bits per heavy atom. The average Bonchev–Trinajstić information content (AvgIpc) is 3.39. The second-order valence-electron chi connectivity index (χ2n) is 23.5. The van der Waals surface area contributed by atoms with Crippen LogP contribution in [0.15, 0.2) is 0 Å². The fourth-order valence-electron chi connectivity index (χ4n) is 11.0. The largest absolute Gasteiger partial charge is 0.466 e. The Morgan fingerprint density at radius 2 is 0.562 bits per heavy atom. The minimum atomic E-state index is -0.668. The summed E-state index contributed by atoms with van der Waals surface area (Å²) >= 11 is 0. The van der Waals surface area contributed by atoms with E-state index < -0.39 is 12.1 Å². The molecule has 0 rings (SSSR count). The number of nitrogens with one attached hydrogen (secondary N) is 1. The molecule has 2 atom stereocenters. The van der Waals surface area contributed by atoms with E-state index in [1.54, 1.807) is 0 Å². The summed E-state index contributed by atoms with van der Waals surface area (Å²) in [6, 6.07) is -0.546. The second-order valence-corrected chi connectivity index (χ2v) is 23.5. The van der Waals surface area contributed by atoms with E-state index in [4.69, 9.17) is 4.74 Å². The SMILES string of the molecule is CCCCCCCCCCCCCCCCCCCCCCCCCCC(O)C(CO)NC(=O)CCCCCCCCCCCCCCCCCCCOC(=O)CCCCCCCCCCCCCCCCC. The number of esters is 1. The first kappa shape index (κ1) is 71.9. The number of amides is 1. The minimum absolute atomic E-state index is 0.0100. The quantitative estimate of drug-likeness (QED) is 0.0417. The molecule has 2 unspecified atom stereocenters. The van der Waals surface area contributed by atoms with Crippen molar-refractivity contribution in [3.63, 3.8) is 0 Å². The average molecular weight is 1030 g/mol. The van der Waals surface area contributed by atoms with Gasteiger partial charge < -0.3 is 20.3 Å². The minimum Gasteiger partial charge on any atom is -0.466 e. The van der Waals surface area contributed by atoms with Gasteiger partial charge in [-0.2, -0.15) is 0 Å². The van der Waals surface area contributed by atoms with E-state index in [-0.39, 0.29) is 18.5 Å². The highest BCUT2D eigenvalue weighted by Gasteiger charge is 2.20. The van der Waals surface area contributed by atoms with Crippen LogP contribution in [0, 0.1) is 0 Å². The third-order valence-electron chi connectivity index (χ3n) is 16.2. The molecule has 0 radical (unpaired) electrons. The standard InChI is InChI=1S/C67H133NO5/c1-3-5-7-9-11-13-15-17-19-20-21-22-23-24-25-26-28-32-35-39-43-47-51-55-59-65(70)64(63-69)68-66(71)60-56-52-48-44-40-36-33-29-27-30-34-38-42-46-50-54-58-62-73-67(72)61-57-53-49-45-41-37-31-18-16-14-12-10-8-6-4-2/h64-65,69-70H,3-63H2,1-2H3,(H,68,71). The summed E-state index contributed by atoms with van der Waals surface area (Å²) in [5.41, 5.74) is 0. The number of unbranched alkanes of at least 4 members (excludes halogenated alkanes) is 53. The third kappa shape index (κ3) is 60.0. The number of rotatable bonds is 64. The van der Waals surface area contributed by atoms with E-state index in [1.165, 1.54) is 321 Å². The summed E-state index contributed by atoms with van der Waals surface area (Å²) in [6.07, 6.45) is 75.5. The molecule has 0 aliphatic heterocycles. The maximum Gasteiger partial charge on any atom is 0.305 e. The van der Waals surface area contributed by atoms with Crippen molar-refractivity contribution in [1.29, 1.82) is 0 Å². The zero-order chi connectivity index (χ0) is 52.9. The van der Waals surface area contributed by atoms with Crippen LogP contribution < -0.4 is 5.32 Å². The molecule has 0 saturated carbocycles. The molecule has 0 heterocycles. The first-order valence-electron chi connectivity index (χ1n) is 33.8. The molecular weight excluding hydrogens is 899 g/mol. The lowest BCUT2D eigenvalue weighted by atomic mass is 10.0. The molecule has 0 aromatic carbocycles. The van der Waals surface area contributed by atoms with Crippen LogP contribution in [0.25, 0.3) is 0 Å². The Kier molecular flexibility index (Phi) is 62.4. The van der Waals surface area contributed by atoms with Crippen LogP contribution in [0.2, 0.25) is 0 Å². The normalized spacial score (nSPS) is 12.4. The van der Waals surface area contributed by atoms with Crippen LogP contribution in [-0.2, 0) is 14.3 Å². The number of hydrogen-bond donors (Lipinski definition) is 3. The Morgan fingerprint density at radius 3 is 0.836 bits per heavy atom. The Labute approximate surface area is 457 Å². The predicted octanol–water partition coefficient (Wildman–Crippen LogP) is 21.4. The maximum atomic E-state index is 12.5. The first-order valence-corrected chi connectivity index (χ1v) is 33.8. The van der Waals surface area contributed by atoms with E-state index in [9.17, 15) is 19.8 Å². The van der Waals surface area contributed by atoms with Gasteiger partial charge in [-0.1, -0.05) is 354 Å². The summed E-state index contributed by atoms with van der Waals surface area (Å²) in [4.78, 5) is 24.6. The first-order chi connectivity index (χ1) is 36.0. The predicted molar refractivity (Wildman–Crippen MR) is 320 cm³/mol. The molecule has 0 fully saturated rings. The van der Waals surface area contributed by atoms with Gasteiger partial charge in [0.25, 0.3) is 0 Å². The monoisotopic (exact) mass is 1030 g/mol. The van der Waals surface area contributed by atoms with Gasteiger partial charge in [0.15, 0.2) is 0 Å². The fraction of sp³-hybridized carbons (Fsp3) is 0.970. The zero-order valence-corrected chi connectivity index (χ0v) is 49.9. The Bertz CT molecular complexity index is 1050. The number of carbonyl (C=O) groups excluding carboxylic acids is 2. The van der Waals surface area contributed by atoms with Crippen LogP contribution in [0.5, 0.6) is 0 Å². The lowest BCUT2D eigenvalue weighted by molar-refractivity contribution is -0.143. The Balaban J connectivity index is 3.39. The van der Waals surface area contributed by atoms with E-state index in [2.05, 4.69) is 19.2 Å². The van der Waals surface area contributed by atoms with Crippen LogP contribution >= 0.6 is 0 Å². The fourth-order valence-corrected chi connectivity index (χ4v) is 11.0. The molecule has 0 saturated heterocycles. The molecule has 1 amide bonds. The van der Waals surface area contributed by atoms with Crippen molar-refractivity contribution in [3.8, 4) is 0 Å². The van der Waals surface area contributed by atoms with Gasteiger partial charge in [0.2, 0.25) is 5.91 Å². The summed E-state index contributed by atoms with van der Waals surface area (Å²) < 4.78 is 5.49. The van der Waals surface area contributed by atoms with Crippen molar-refractivity contribution in [2.24, 2.45) is 0 Å². The summed E-state index contributed by atoms with van der Waals surface area (Å²) in [5, 5.41) is 23.4. The topological polar surface area (TPSA) is 95.9 Å². The second kappa shape index (κ2) is 63.4. The molecule has 6 heteroatoms. The van der Waals surface area contributed by atoms with Gasteiger partial charge in [-0.25, -0.2) is 0 Å². The van der Waals surface area contributed by atoms with Crippen LogP contribution in [0.3, 0.4) is 0 Å². The van der Waals surface area contributed by atoms with E-state index in [0.29, 0.717) is 25.9 Å². The highest BCUT2D eigenvalue weighted by Crippen LogP contribution is 2.19. The number of aliphatic hydroxyl groups excluding tert-OH is 2. The van der Waals surface area contributed by atoms with Gasteiger partial charge in [0.1, 0.15) is 0 Å². The van der Waals surface area contributed by atoms with Crippen LogP contribution in [-0.4, -0.2) is 47.4 Å². The lowest BCUT2D eigenvalue weighted by Crippen LogP contribution is -2.45. The smallest absolute Gasteiger partial charge is 0.305 e. The number of aliphatic hydroxyl groups is 2. The number of hydrogen-bond acceptors (Lipinski definition) is 5. The van der Waals surface area contributed by atoms with E-state index in [1.807, 2.05) is 0 Å². The summed E-state index contributed by atoms with van der Waals surface area (Å²) in [6.45, 7) is 4.99. The highest BCUT2D eigenvalue weighted by molar-refractivity contribution is 5.76. The lowest BCUT2D eigenvalue weighted by Gasteiger charge is -2.22. The summed E-state index contributed by atoms with van der Waals surface area (Å²) in [5.74, 6) is -0.0245. The van der Waals surface area contributed by atoms with E-state index in [0.717, 1.165) is 38.5 Å². The molecular formula is C67H133NO5. The number of ether oxygens (including phenoxy) is 1. The van der Waals surface area contributed by atoms with Gasteiger partial charge in [-0.05, 0) is 25.7 Å². The van der Waals surface area contributed by atoms with Crippen molar-refractivity contribution < 1.29 is 24.5 Å². The van der Waals surface area contributed by atoms with Crippen molar-refractivity contribution in [3.05, 3.63) is 0 Å². The molecule has 436 valence electrons. The van der Waals surface area contributed by atoms with Gasteiger partial charge in [-0.15, -0.1) is 0 Å². The van der Waals surface area contributed by atoms with Crippen molar-refractivity contribution >= 4 is 11.9 Å². The van der Waals surface area contributed by atoms with Gasteiger partial charge in [0.05, 0.1) is 25.4 Å². The van der Waals surface area contributed by atoms with Crippen molar-refractivity contribution in [1.82, 2.24) is 5.32 Å².